The van der Waals surface area contributed by atoms with Crippen LogP contribution in [-0.4, -0.2) is 32.3 Å². The lowest BCUT2D eigenvalue weighted by molar-refractivity contribution is 0.0949. The van der Waals surface area contributed by atoms with E-state index in [1.807, 2.05) is 30.5 Å². The maximum atomic E-state index is 12.6. The molecule has 0 aliphatic carbocycles. The first-order chi connectivity index (χ1) is 14.1. The minimum Gasteiger partial charge on any atom is -0.490 e. The highest BCUT2D eigenvalue weighted by Crippen LogP contribution is 2.29. The number of pyridine rings is 1. The Bertz CT molecular complexity index is 1020. The summed E-state index contributed by atoms with van der Waals surface area (Å²) >= 11 is 5.16. The molecule has 0 bridgehead atoms. The van der Waals surface area contributed by atoms with Crippen LogP contribution in [-0.2, 0) is 19.7 Å². The van der Waals surface area contributed by atoms with Crippen molar-refractivity contribution in [3.05, 3.63) is 64.4 Å². The molecule has 0 fully saturated rings. The van der Waals surface area contributed by atoms with Crippen molar-refractivity contribution in [2.24, 2.45) is 0 Å². The maximum absolute atomic E-state index is 12.6. The molecule has 0 atom stereocenters. The van der Waals surface area contributed by atoms with E-state index in [4.69, 9.17) is 21.7 Å². The van der Waals surface area contributed by atoms with E-state index in [9.17, 15) is 4.79 Å². The lowest BCUT2D eigenvalue weighted by Gasteiger charge is -2.13. The first-order valence-electron chi connectivity index (χ1n) is 9.33. The third-order valence-electron chi connectivity index (χ3n) is 4.21. The number of nitrogens with one attached hydrogen (secondary N) is 2. The van der Waals surface area contributed by atoms with E-state index in [1.54, 1.807) is 30.6 Å². The Hall–Kier alpha value is -3.20. The van der Waals surface area contributed by atoms with E-state index in [2.05, 4.69) is 20.5 Å². The summed E-state index contributed by atoms with van der Waals surface area (Å²) in [4.78, 5) is 16.6. The van der Waals surface area contributed by atoms with E-state index in [-0.39, 0.29) is 12.5 Å². The zero-order valence-electron chi connectivity index (χ0n) is 16.3. The lowest BCUT2D eigenvalue weighted by atomic mass is 10.2. The normalized spacial score (nSPS) is 10.6. The fourth-order valence-corrected chi connectivity index (χ4v) is 3.03. The summed E-state index contributed by atoms with van der Waals surface area (Å²) in [6, 6.07) is 8.89. The van der Waals surface area contributed by atoms with E-state index in [0.29, 0.717) is 47.4 Å². The second kappa shape index (κ2) is 9.83. The average Bonchev–Trinajstić information content (AvgIpc) is 3.11. The van der Waals surface area contributed by atoms with Gasteiger partial charge in [0.05, 0.1) is 13.2 Å². The molecule has 0 unspecified atom stereocenters. The molecule has 29 heavy (non-hydrogen) atoms. The Morgan fingerprint density at radius 2 is 1.97 bits per heavy atom. The summed E-state index contributed by atoms with van der Waals surface area (Å²) in [6.45, 7) is 5.64. The highest BCUT2D eigenvalue weighted by molar-refractivity contribution is 7.71. The lowest BCUT2D eigenvalue weighted by Crippen LogP contribution is -2.24. The molecule has 0 radical (unpaired) electrons. The summed E-state index contributed by atoms with van der Waals surface area (Å²) in [6.07, 6.45) is 3.43. The fraction of sp³-hybridized carbons (Fsp3) is 0.300. The van der Waals surface area contributed by atoms with Crippen LogP contribution in [0.5, 0.6) is 11.5 Å². The van der Waals surface area contributed by atoms with Crippen molar-refractivity contribution in [3.8, 4) is 11.5 Å². The van der Waals surface area contributed by atoms with Gasteiger partial charge >= 0.3 is 0 Å². The molecule has 8 nitrogen and oxygen atoms in total. The molecule has 0 aliphatic heterocycles. The summed E-state index contributed by atoms with van der Waals surface area (Å²) in [5.41, 5.74) is 1.47. The second-order valence-electron chi connectivity index (χ2n) is 6.11. The molecule has 2 N–H and O–H groups in total. The van der Waals surface area contributed by atoms with Crippen molar-refractivity contribution in [2.45, 2.75) is 33.5 Å². The van der Waals surface area contributed by atoms with Gasteiger partial charge in [0, 0.05) is 24.5 Å². The first-order valence-corrected chi connectivity index (χ1v) is 9.74. The van der Waals surface area contributed by atoms with Crippen molar-refractivity contribution in [1.82, 2.24) is 25.1 Å². The molecule has 0 aliphatic rings. The number of carbonyl (C=O) groups excluding carboxylic acids is 1. The van der Waals surface area contributed by atoms with Crippen molar-refractivity contribution in [1.29, 1.82) is 0 Å². The number of carbonyl (C=O) groups is 1. The van der Waals surface area contributed by atoms with E-state index in [1.165, 1.54) is 0 Å². The number of rotatable bonds is 9. The van der Waals surface area contributed by atoms with Gasteiger partial charge in [-0.25, -0.2) is 0 Å². The number of hydrogen-bond donors (Lipinski definition) is 2. The number of nitrogens with zero attached hydrogens (tertiary/aromatic N) is 3. The predicted molar refractivity (Wildman–Crippen MR) is 110 cm³/mol. The monoisotopic (exact) mass is 413 g/mol. The quantitative estimate of drug-likeness (QED) is 0.523. The maximum Gasteiger partial charge on any atom is 0.251 e. The molecule has 152 valence electrons. The van der Waals surface area contributed by atoms with Crippen LogP contribution in [0.1, 0.15) is 35.6 Å². The van der Waals surface area contributed by atoms with E-state index in [0.717, 1.165) is 5.56 Å². The average molecular weight is 414 g/mol. The standard InChI is InChI=1S/C20H23N5O3S/c1-3-25-18(23-24-20(25)29)12-22-19(26)15-5-6-16(17(11-15)27-4-2)28-13-14-7-9-21-10-8-14/h5-11H,3-4,12-13H2,1-2H3,(H,22,26)(H,24,29). The third-order valence-corrected chi connectivity index (χ3v) is 4.52. The molecule has 3 rings (SSSR count). The molecule has 1 aromatic carbocycles. The van der Waals surface area contributed by atoms with E-state index >= 15 is 0 Å². The van der Waals surface area contributed by atoms with Crippen LogP contribution in [0.3, 0.4) is 0 Å². The number of aromatic nitrogens is 4. The van der Waals surface area contributed by atoms with Crippen molar-refractivity contribution < 1.29 is 14.3 Å². The fourth-order valence-electron chi connectivity index (χ4n) is 2.75. The molecule has 1 amide bonds. The smallest absolute Gasteiger partial charge is 0.251 e. The van der Waals surface area contributed by atoms with E-state index < -0.39 is 0 Å². The summed E-state index contributed by atoms with van der Waals surface area (Å²) in [5, 5.41) is 9.74. The molecule has 9 heteroatoms. The van der Waals surface area contributed by atoms with Gasteiger partial charge in [-0.1, -0.05) is 0 Å². The molecule has 0 spiro atoms. The number of ether oxygens (including phenoxy) is 2. The molecular weight excluding hydrogens is 390 g/mol. The van der Waals surface area contributed by atoms with Crippen LogP contribution in [0.2, 0.25) is 0 Å². The van der Waals surface area contributed by atoms with Crippen LogP contribution in [0.15, 0.2) is 42.7 Å². The Kier molecular flexibility index (Phi) is 6.96. The summed E-state index contributed by atoms with van der Waals surface area (Å²) < 4.78 is 13.9. The molecular formula is C20H23N5O3S. The summed E-state index contributed by atoms with van der Waals surface area (Å²) in [5.74, 6) is 1.54. The topological polar surface area (TPSA) is 94.1 Å². The SMILES string of the molecule is CCOc1cc(C(=O)NCc2n[nH]c(=S)n2CC)ccc1OCc1ccncc1. The Labute approximate surface area is 173 Å². The number of benzene rings is 1. The Morgan fingerprint density at radius 3 is 2.69 bits per heavy atom. The van der Waals surface area contributed by atoms with Crippen LogP contribution in [0.4, 0.5) is 0 Å². The second-order valence-corrected chi connectivity index (χ2v) is 6.50. The van der Waals surface area contributed by atoms with Gasteiger partial charge in [-0.2, -0.15) is 5.10 Å². The molecule has 2 aromatic heterocycles. The molecule has 0 saturated heterocycles. The van der Waals surface area contributed by atoms with Gasteiger partial charge in [-0.3, -0.25) is 14.9 Å². The van der Waals surface area contributed by atoms with Crippen LogP contribution in [0.25, 0.3) is 0 Å². The Morgan fingerprint density at radius 1 is 1.17 bits per heavy atom. The molecule has 2 heterocycles. The summed E-state index contributed by atoms with van der Waals surface area (Å²) in [7, 11) is 0. The van der Waals surface area contributed by atoms with Gasteiger partial charge in [0.25, 0.3) is 5.91 Å². The van der Waals surface area contributed by atoms with Crippen molar-refractivity contribution in [3.63, 3.8) is 0 Å². The largest absolute Gasteiger partial charge is 0.490 e. The minimum absolute atomic E-state index is 0.233. The van der Waals surface area contributed by atoms with Gasteiger partial charge in [0.2, 0.25) is 0 Å². The number of aromatic amines is 1. The van der Waals surface area contributed by atoms with Crippen LogP contribution in [0, 0.1) is 4.77 Å². The number of H-pyrrole nitrogens is 1. The van der Waals surface area contributed by atoms with Gasteiger partial charge in [0.15, 0.2) is 22.1 Å². The molecule has 3 aromatic rings. The molecule has 0 saturated carbocycles. The Balaban J connectivity index is 1.69. The van der Waals surface area contributed by atoms with Crippen molar-refractivity contribution in [2.75, 3.05) is 6.61 Å². The zero-order valence-corrected chi connectivity index (χ0v) is 17.2. The van der Waals surface area contributed by atoms with Gasteiger partial charge in [-0.05, 0) is 62.0 Å². The highest BCUT2D eigenvalue weighted by atomic mass is 32.1. The highest BCUT2D eigenvalue weighted by Gasteiger charge is 2.13. The van der Waals surface area contributed by atoms with Gasteiger partial charge in [0.1, 0.15) is 6.61 Å². The minimum atomic E-state index is -0.233. The van der Waals surface area contributed by atoms with Crippen LogP contribution < -0.4 is 14.8 Å². The van der Waals surface area contributed by atoms with Crippen LogP contribution >= 0.6 is 12.2 Å². The first kappa shape index (κ1) is 20.5. The predicted octanol–water partition coefficient (Wildman–Crippen LogP) is 3.26. The third kappa shape index (κ3) is 5.20. The van der Waals surface area contributed by atoms with Gasteiger partial charge < -0.3 is 19.4 Å². The number of amides is 1. The zero-order chi connectivity index (χ0) is 20.6. The van der Waals surface area contributed by atoms with Crippen molar-refractivity contribution >= 4 is 18.1 Å². The van der Waals surface area contributed by atoms with Gasteiger partial charge in [-0.15, -0.1) is 0 Å². The number of hydrogen-bond acceptors (Lipinski definition) is 6.